The highest BCUT2D eigenvalue weighted by atomic mass is 35.5. The molecule has 0 spiro atoms. The van der Waals surface area contributed by atoms with Crippen molar-refractivity contribution in [2.24, 2.45) is 0 Å². The van der Waals surface area contributed by atoms with Gasteiger partial charge in [0, 0.05) is 10.6 Å². The molecule has 0 fully saturated rings. The van der Waals surface area contributed by atoms with Crippen molar-refractivity contribution in [2.45, 2.75) is 0 Å². The Labute approximate surface area is 135 Å². The summed E-state index contributed by atoms with van der Waals surface area (Å²) >= 11 is 5.92. The Bertz CT molecular complexity index is 747. The zero-order valence-corrected chi connectivity index (χ0v) is 12.7. The Morgan fingerprint density at radius 3 is 1.95 bits per heavy atom. The molecule has 0 heterocycles. The van der Waals surface area contributed by atoms with E-state index in [0.29, 0.717) is 5.02 Å². The van der Waals surface area contributed by atoms with Crippen LogP contribution in [-0.2, 0) is 0 Å². The molecule has 3 rings (SSSR count). The van der Waals surface area contributed by atoms with Gasteiger partial charge in [0.05, 0.1) is 0 Å². The van der Waals surface area contributed by atoms with E-state index >= 15 is 0 Å². The standard InChI is InChI=1S/C20H15ClO/c21-18-11-13-19(14-12-18)22-20(17-9-5-2-6-10-17)15-16-7-3-1-4-8-16/h1-15H/b20-15-. The Hall–Kier alpha value is -2.51. The van der Waals surface area contributed by atoms with Crippen molar-refractivity contribution in [2.75, 3.05) is 0 Å². The Balaban J connectivity index is 1.96. The predicted octanol–water partition coefficient (Wildman–Crippen LogP) is 5.92. The van der Waals surface area contributed by atoms with Gasteiger partial charge in [-0.3, -0.25) is 0 Å². The molecule has 3 aromatic carbocycles. The van der Waals surface area contributed by atoms with Gasteiger partial charge in [0.1, 0.15) is 11.5 Å². The van der Waals surface area contributed by atoms with Crippen LogP contribution in [0.5, 0.6) is 5.75 Å². The van der Waals surface area contributed by atoms with E-state index in [1.807, 2.05) is 91.0 Å². The molecule has 0 radical (unpaired) electrons. The van der Waals surface area contributed by atoms with Crippen LogP contribution in [0.15, 0.2) is 84.9 Å². The molecule has 108 valence electrons. The SMILES string of the molecule is Clc1ccc(O/C(=C\c2ccccc2)c2ccccc2)cc1. The maximum Gasteiger partial charge on any atom is 0.135 e. The molecule has 0 N–H and O–H groups in total. The smallest absolute Gasteiger partial charge is 0.135 e. The zero-order chi connectivity index (χ0) is 15.2. The summed E-state index contributed by atoms with van der Waals surface area (Å²) in [6.45, 7) is 0. The molecular formula is C20H15ClO. The average molecular weight is 307 g/mol. The first-order valence-corrected chi connectivity index (χ1v) is 7.45. The van der Waals surface area contributed by atoms with Gasteiger partial charge in [-0.1, -0.05) is 72.3 Å². The molecule has 2 heteroatoms. The molecule has 0 amide bonds. The fraction of sp³-hybridized carbons (Fsp3) is 0. The summed E-state index contributed by atoms with van der Waals surface area (Å²) in [7, 11) is 0. The molecule has 0 aromatic heterocycles. The second-order valence-corrected chi connectivity index (χ2v) is 5.28. The summed E-state index contributed by atoms with van der Waals surface area (Å²) in [5.74, 6) is 1.56. The lowest BCUT2D eigenvalue weighted by atomic mass is 10.1. The van der Waals surface area contributed by atoms with E-state index in [9.17, 15) is 0 Å². The van der Waals surface area contributed by atoms with Crippen LogP contribution in [0.2, 0.25) is 5.02 Å². The molecule has 0 aliphatic heterocycles. The highest BCUT2D eigenvalue weighted by molar-refractivity contribution is 6.30. The van der Waals surface area contributed by atoms with Crippen LogP contribution < -0.4 is 4.74 Å². The van der Waals surface area contributed by atoms with Gasteiger partial charge in [0.25, 0.3) is 0 Å². The lowest BCUT2D eigenvalue weighted by Gasteiger charge is -2.11. The van der Waals surface area contributed by atoms with E-state index in [4.69, 9.17) is 16.3 Å². The number of hydrogen-bond donors (Lipinski definition) is 0. The average Bonchev–Trinajstić information content (AvgIpc) is 2.58. The van der Waals surface area contributed by atoms with E-state index in [-0.39, 0.29) is 0 Å². The van der Waals surface area contributed by atoms with Crippen LogP contribution in [0, 0.1) is 0 Å². The van der Waals surface area contributed by atoms with Gasteiger partial charge in [-0.15, -0.1) is 0 Å². The van der Waals surface area contributed by atoms with E-state index in [2.05, 4.69) is 0 Å². The third-order valence-electron chi connectivity index (χ3n) is 3.20. The van der Waals surface area contributed by atoms with E-state index in [1.54, 1.807) is 0 Å². The van der Waals surface area contributed by atoms with Crippen LogP contribution in [0.4, 0.5) is 0 Å². The van der Waals surface area contributed by atoms with Gasteiger partial charge in [0.15, 0.2) is 0 Å². The normalized spacial score (nSPS) is 11.2. The van der Waals surface area contributed by atoms with Gasteiger partial charge in [-0.05, 0) is 35.9 Å². The van der Waals surface area contributed by atoms with Crippen LogP contribution in [0.1, 0.15) is 11.1 Å². The third kappa shape index (κ3) is 3.78. The van der Waals surface area contributed by atoms with Crippen molar-refractivity contribution < 1.29 is 4.74 Å². The summed E-state index contributed by atoms with van der Waals surface area (Å²) in [6.07, 6.45) is 2.03. The number of hydrogen-bond acceptors (Lipinski definition) is 1. The maximum atomic E-state index is 6.06. The summed E-state index contributed by atoms with van der Waals surface area (Å²) in [4.78, 5) is 0. The number of benzene rings is 3. The fourth-order valence-electron chi connectivity index (χ4n) is 2.10. The Morgan fingerprint density at radius 1 is 0.727 bits per heavy atom. The first kappa shape index (κ1) is 14.4. The van der Waals surface area contributed by atoms with Crippen molar-refractivity contribution in [3.05, 3.63) is 101 Å². The summed E-state index contributed by atoms with van der Waals surface area (Å²) in [5, 5.41) is 0.695. The summed E-state index contributed by atoms with van der Waals surface area (Å²) < 4.78 is 6.06. The lowest BCUT2D eigenvalue weighted by Crippen LogP contribution is -1.95. The molecule has 0 unspecified atom stereocenters. The summed E-state index contributed by atoms with van der Waals surface area (Å²) in [6, 6.07) is 27.5. The van der Waals surface area contributed by atoms with E-state index in [1.165, 1.54) is 0 Å². The molecule has 0 aliphatic rings. The number of rotatable bonds is 4. The number of halogens is 1. The quantitative estimate of drug-likeness (QED) is 0.429. The minimum atomic E-state index is 0.695. The maximum absolute atomic E-state index is 6.06. The van der Waals surface area contributed by atoms with Gasteiger partial charge in [-0.25, -0.2) is 0 Å². The van der Waals surface area contributed by atoms with Crippen molar-refractivity contribution >= 4 is 23.4 Å². The molecular weight excluding hydrogens is 292 g/mol. The molecule has 22 heavy (non-hydrogen) atoms. The molecule has 0 saturated carbocycles. The summed E-state index contributed by atoms with van der Waals surface area (Å²) in [5.41, 5.74) is 2.12. The molecule has 1 nitrogen and oxygen atoms in total. The van der Waals surface area contributed by atoms with Crippen molar-refractivity contribution in [3.8, 4) is 5.75 Å². The monoisotopic (exact) mass is 306 g/mol. The molecule has 0 saturated heterocycles. The number of ether oxygens (including phenoxy) is 1. The van der Waals surface area contributed by atoms with Crippen LogP contribution in [-0.4, -0.2) is 0 Å². The molecule has 0 bridgehead atoms. The van der Waals surface area contributed by atoms with Crippen LogP contribution in [0.25, 0.3) is 11.8 Å². The van der Waals surface area contributed by atoms with Crippen molar-refractivity contribution in [3.63, 3.8) is 0 Å². The van der Waals surface area contributed by atoms with Crippen molar-refractivity contribution in [1.82, 2.24) is 0 Å². The first-order chi connectivity index (χ1) is 10.8. The van der Waals surface area contributed by atoms with Gasteiger partial charge in [-0.2, -0.15) is 0 Å². The highest BCUT2D eigenvalue weighted by Gasteiger charge is 2.05. The van der Waals surface area contributed by atoms with Gasteiger partial charge in [0.2, 0.25) is 0 Å². The first-order valence-electron chi connectivity index (χ1n) is 7.07. The topological polar surface area (TPSA) is 9.23 Å². The van der Waals surface area contributed by atoms with Crippen molar-refractivity contribution in [1.29, 1.82) is 0 Å². The minimum absolute atomic E-state index is 0.695. The van der Waals surface area contributed by atoms with Crippen LogP contribution in [0.3, 0.4) is 0 Å². The van der Waals surface area contributed by atoms with Crippen LogP contribution >= 0.6 is 11.6 Å². The van der Waals surface area contributed by atoms with E-state index < -0.39 is 0 Å². The fourth-order valence-corrected chi connectivity index (χ4v) is 2.23. The Kier molecular flexibility index (Phi) is 4.57. The van der Waals surface area contributed by atoms with E-state index in [0.717, 1.165) is 22.6 Å². The molecule has 0 aliphatic carbocycles. The van der Waals surface area contributed by atoms with Gasteiger partial charge >= 0.3 is 0 Å². The molecule has 0 atom stereocenters. The third-order valence-corrected chi connectivity index (χ3v) is 3.45. The zero-order valence-electron chi connectivity index (χ0n) is 11.9. The highest BCUT2D eigenvalue weighted by Crippen LogP contribution is 2.24. The minimum Gasteiger partial charge on any atom is -0.457 e. The Morgan fingerprint density at radius 2 is 1.32 bits per heavy atom. The van der Waals surface area contributed by atoms with Gasteiger partial charge < -0.3 is 4.74 Å². The second-order valence-electron chi connectivity index (χ2n) is 4.84. The second kappa shape index (κ2) is 6.97. The largest absolute Gasteiger partial charge is 0.457 e. The molecule has 3 aromatic rings. The lowest BCUT2D eigenvalue weighted by molar-refractivity contribution is 0.518. The predicted molar refractivity (Wildman–Crippen MR) is 92.8 cm³/mol.